The third-order valence-corrected chi connectivity index (χ3v) is 6.57. The molecule has 5 aromatic rings. The van der Waals surface area contributed by atoms with Gasteiger partial charge in [0.1, 0.15) is 17.3 Å². The third-order valence-electron chi connectivity index (χ3n) is 6.57. The first-order chi connectivity index (χ1) is 19.5. The van der Waals surface area contributed by atoms with Crippen molar-refractivity contribution in [1.82, 2.24) is 19.7 Å². The van der Waals surface area contributed by atoms with Crippen LogP contribution in [0.4, 0.5) is 0 Å². The van der Waals surface area contributed by atoms with Crippen molar-refractivity contribution >= 4 is 51.4 Å². The molecule has 0 unspecified atom stereocenters. The molecule has 0 aliphatic carbocycles. The van der Waals surface area contributed by atoms with Crippen LogP contribution in [0.2, 0.25) is 0 Å². The number of hydrogen-bond donors (Lipinski definition) is 1. The van der Waals surface area contributed by atoms with Gasteiger partial charge in [-0.1, -0.05) is 73.6 Å². The number of rotatable bonds is 10. The van der Waals surface area contributed by atoms with E-state index in [1.807, 2.05) is 67.6 Å². The largest absolute Gasteiger partial charge is 0.497 e. The normalized spacial score (nSPS) is 10.7. The number of aromatic amines is 1. The van der Waals surface area contributed by atoms with Crippen LogP contribution in [0.15, 0.2) is 86.9 Å². The standard InChI is InChI=1S/C31H30N4O5.K/c1-4-9-27-32-26(5-2)28(39-23-11-8-10-22(18-23)38-3)30(36)35(27)19-20-14-16-21(17-15-20)24-12-6-7-13-25(24)29-33-31(37)40-34-29;/h6-8,10-18H,4-5,9,19H2,1-3H3,(H,33,34,37);. The zero-order valence-corrected chi connectivity index (χ0v) is 26.8. The van der Waals surface area contributed by atoms with Crippen LogP contribution in [0.5, 0.6) is 17.2 Å². The van der Waals surface area contributed by atoms with Gasteiger partial charge in [0.2, 0.25) is 5.75 Å². The molecule has 0 amide bonds. The second kappa shape index (κ2) is 14.1. The van der Waals surface area contributed by atoms with Gasteiger partial charge in [-0.05, 0) is 41.7 Å². The Morgan fingerprint density at radius 1 is 0.927 bits per heavy atom. The summed E-state index contributed by atoms with van der Waals surface area (Å²) in [5.41, 5.74) is 3.93. The average Bonchev–Trinajstić information content (AvgIpc) is 3.43. The van der Waals surface area contributed by atoms with Crippen molar-refractivity contribution in [2.45, 2.75) is 39.7 Å². The maximum absolute atomic E-state index is 13.8. The summed E-state index contributed by atoms with van der Waals surface area (Å²) >= 11 is 0. The van der Waals surface area contributed by atoms with E-state index < -0.39 is 5.76 Å². The second-order valence-corrected chi connectivity index (χ2v) is 9.27. The number of H-pyrrole nitrogens is 1. The Labute approximate surface area is 280 Å². The Kier molecular flexibility index (Phi) is 10.5. The van der Waals surface area contributed by atoms with Gasteiger partial charge in [-0.15, -0.1) is 0 Å². The molecule has 0 spiro atoms. The van der Waals surface area contributed by atoms with Crippen LogP contribution < -0.4 is 20.8 Å². The predicted molar refractivity (Wildman–Crippen MR) is 158 cm³/mol. The van der Waals surface area contributed by atoms with Crippen molar-refractivity contribution in [2.75, 3.05) is 7.11 Å². The van der Waals surface area contributed by atoms with Crippen LogP contribution in [-0.2, 0) is 19.4 Å². The fourth-order valence-electron chi connectivity index (χ4n) is 4.59. The number of methoxy groups -OCH3 is 1. The Hall–Kier alpha value is -3.28. The molecule has 2 heterocycles. The second-order valence-electron chi connectivity index (χ2n) is 9.27. The molecule has 205 valence electrons. The molecule has 3 aromatic carbocycles. The van der Waals surface area contributed by atoms with Gasteiger partial charge in [0.05, 0.1) is 19.3 Å². The summed E-state index contributed by atoms with van der Waals surface area (Å²) in [7, 11) is 1.59. The topological polar surface area (TPSA) is 112 Å². The number of hydrogen-bond acceptors (Lipinski definition) is 7. The maximum Gasteiger partial charge on any atom is 0.439 e. The molecular formula is C31H30KN4O5. The van der Waals surface area contributed by atoms with Gasteiger partial charge in [-0.2, -0.15) is 0 Å². The molecule has 10 heteroatoms. The first kappa shape index (κ1) is 30.7. The Balaban J connectivity index is 0.00000387. The van der Waals surface area contributed by atoms with Crippen molar-refractivity contribution in [1.29, 1.82) is 0 Å². The van der Waals surface area contributed by atoms with Crippen molar-refractivity contribution in [3.8, 4) is 39.8 Å². The van der Waals surface area contributed by atoms with Gasteiger partial charge >= 0.3 is 5.76 Å². The predicted octanol–water partition coefficient (Wildman–Crippen LogP) is 5.24. The number of nitrogens with zero attached hydrogens (tertiary/aromatic N) is 3. The number of ether oxygens (including phenoxy) is 2. The first-order valence-electron chi connectivity index (χ1n) is 13.2. The molecule has 1 radical (unpaired) electrons. The van der Waals surface area contributed by atoms with E-state index >= 15 is 0 Å². The van der Waals surface area contributed by atoms with Gasteiger partial charge in [0.15, 0.2) is 5.82 Å². The molecule has 0 bridgehead atoms. The van der Waals surface area contributed by atoms with E-state index in [4.69, 9.17) is 19.0 Å². The molecule has 0 fully saturated rings. The van der Waals surface area contributed by atoms with Gasteiger partial charge < -0.3 is 9.47 Å². The molecule has 0 aliphatic heterocycles. The van der Waals surface area contributed by atoms with Gasteiger partial charge in [0.25, 0.3) is 5.56 Å². The van der Waals surface area contributed by atoms with E-state index in [-0.39, 0.29) is 62.7 Å². The first-order valence-corrected chi connectivity index (χ1v) is 13.2. The summed E-state index contributed by atoms with van der Waals surface area (Å²) < 4.78 is 17.8. The zero-order valence-electron chi connectivity index (χ0n) is 23.6. The zero-order chi connectivity index (χ0) is 28.1. The molecule has 41 heavy (non-hydrogen) atoms. The van der Waals surface area contributed by atoms with Crippen molar-refractivity contribution < 1.29 is 14.0 Å². The van der Waals surface area contributed by atoms with Crippen LogP contribution in [0.1, 0.15) is 37.4 Å². The fourth-order valence-corrected chi connectivity index (χ4v) is 4.59. The van der Waals surface area contributed by atoms with Crippen molar-refractivity contribution in [3.63, 3.8) is 0 Å². The monoisotopic (exact) mass is 577 g/mol. The maximum atomic E-state index is 13.8. The van der Waals surface area contributed by atoms with Crippen LogP contribution in [-0.4, -0.2) is 78.2 Å². The molecule has 2 aromatic heterocycles. The molecule has 0 aliphatic rings. The summed E-state index contributed by atoms with van der Waals surface area (Å²) in [6.07, 6.45) is 2.09. The number of aryl methyl sites for hydroxylation is 2. The number of benzene rings is 3. The van der Waals surface area contributed by atoms with Crippen LogP contribution in [0.3, 0.4) is 0 Å². The van der Waals surface area contributed by atoms with Crippen LogP contribution in [0, 0.1) is 0 Å². The summed E-state index contributed by atoms with van der Waals surface area (Å²) in [5.74, 6) is 1.87. The molecular weight excluding hydrogens is 547 g/mol. The summed E-state index contributed by atoms with van der Waals surface area (Å²) in [6, 6.07) is 22.7. The van der Waals surface area contributed by atoms with Gasteiger partial charge in [-0.3, -0.25) is 18.9 Å². The minimum Gasteiger partial charge on any atom is -0.497 e. The summed E-state index contributed by atoms with van der Waals surface area (Å²) in [4.78, 5) is 32.8. The van der Waals surface area contributed by atoms with E-state index in [9.17, 15) is 9.59 Å². The van der Waals surface area contributed by atoms with Crippen molar-refractivity contribution in [3.05, 3.63) is 111 Å². The third kappa shape index (κ3) is 6.96. The molecule has 0 saturated carbocycles. The number of nitrogens with one attached hydrogen (secondary N) is 1. The minimum absolute atomic E-state index is 0. The molecule has 9 nitrogen and oxygen atoms in total. The summed E-state index contributed by atoms with van der Waals surface area (Å²) in [6.45, 7) is 4.38. The molecule has 0 atom stereocenters. The quantitative estimate of drug-likeness (QED) is 0.226. The smallest absolute Gasteiger partial charge is 0.439 e. The van der Waals surface area contributed by atoms with Gasteiger partial charge in [-0.25, -0.2) is 9.78 Å². The van der Waals surface area contributed by atoms with E-state index in [1.165, 1.54) is 0 Å². The van der Waals surface area contributed by atoms with Gasteiger partial charge in [0, 0.05) is 69.4 Å². The Morgan fingerprint density at radius 2 is 1.66 bits per heavy atom. The molecule has 1 N–H and O–H groups in total. The minimum atomic E-state index is -0.606. The molecule has 5 rings (SSSR count). The van der Waals surface area contributed by atoms with Crippen molar-refractivity contribution in [2.24, 2.45) is 0 Å². The number of aromatic nitrogens is 4. The molecule has 0 saturated heterocycles. The summed E-state index contributed by atoms with van der Waals surface area (Å²) in [5, 5.41) is 3.84. The Morgan fingerprint density at radius 3 is 2.32 bits per heavy atom. The Bertz CT molecular complexity index is 1740. The van der Waals surface area contributed by atoms with E-state index in [1.54, 1.807) is 23.8 Å². The van der Waals surface area contributed by atoms with Crippen LogP contribution in [0.25, 0.3) is 22.5 Å². The van der Waals surface area contributed by atoms with Crippen LogP contribution >= 0.6 is 0 Å². The SMILES string of the molecule is CCCc1nc(CC)c(Oc2cccc(OC)c2)c(=O)n1Cc1ccc(-c2ccccc2-c2noc(=O)[nH]2)cc1.[K]. The van der Waals surface area contributed by atoms with E-state index in [0.717, 1.165) is 34.5 Å². The van der Waals surface area contributed by atoms with E-state index in [0.29, 0.717) is 42.4 Å². The average molecular weight is 578 g/mol. The van der Waals surface area contributed by atoms with E-state index in [2.05, 4.69) is 17.1 Å². The fraction of sp³-hybridized carbons (Fsp3) is 0.226.